The topological polar surface area (TPSA) is 72.7 Å². The number of anilines is 1. The molecular formula is C9H11N3O2S. The van der Waals surface area contributed by atoms with Crippen LogP contribution in [0.4, 0.5) is 10.8 Å². The number of rotatable bonds is 3. The van der Waals surface area contributed by atoms with Gasteiger partial charge in [-0.2, -0.15) is 5.23 Å². The van der Waals surface area contributed by atoms with Gasteiger partial charge in [0.05, 0.1) is 10.2 Å². The van der Waals surface area contributed by atoms with E-state index in [-0.39, 0.29) is 5.69 Å². The third-order valence-electron chi connectivity index (χ3n) is 1.96. The smallest absolute Gasteiger partial charge is 0.183 e. The van der Waals surface area contributed by atoms with Gasteiger partial charge in [0.2, 0.25) is 0 Å². The molecule has 1 unspecified atom stereocenters. The first-order chi connectivity index (χ1) is 7.20. The molecule has 5 nitrogen and oxygen atoms in total. The van der Waals surface area contributed by atoms with Gasteiger partial charge in [0.1, 0.15) is 0 Å². The van der Waals surface area contributed by atoms with Crippen LogP contribution in [0, 0.1) is 5.21 Å². The largest absolute Gasteiger partial charge is 0.595 e. The zero-order valence-electron chi connectivity index (χ0n) is 8.15. The molecule has 0 aliphatic carbocycles. The van der Waals surface area contributed by atoms with Crippen LogP contribution in [0.25, 0.3) is 10.2 Å². The van der Waals surface area contributed by atoms with E-state index in [1.54, 1.807) is 18.2 Å². The Morgan fingerprint density at radius 3 is 3.07 bits per heavy atom. The summed E-state index contributed by atoms with van der Waals surface area (Å²) in [6, 6.07) is 4.98. The van der Waals surface area contributed by atoms with Crippen molar-refractivity contribution in [1.82, 2.24) is 4.98 Å². The van der Waals surface area contributed by atoms with Gasteiger partial charge in [-0.05, 0) is 13.0 Å². The first-order valence-electron chi connectivity index (χ1n) is 4.58. The van der Waals surface area contributed by atoms with Crippen LogP contribution in [-0.2, 0) is 0 Å². The van der Waals surface area contributed by atoms with E-state index in [2.05, 4.69) is 10.3 Å². The van der Waals surface area contributed by atoms with Crippen LogP contribution in [0.1, 0.15) is 6.92 Å². The van der Waals surface area contributed by atoms with Gasteiger partial charge >= 0.3 is 0 Å². The van der Waals surface area contributed by atoms with E-state index < -0.39 is 5.23 Å². The summed E-state index contributed by atoms with van der Waals surface area (Å²) in [5, 5.41) is 22.6. The summed E-state index contributed by atoms with van der Waals surface area (Å²) in [6.07, 6.45) is 0. The van der Waals surface area contributed by atoms with Crippen LogP contribution >= 0.6 is 11.3 Å². The van der Waals surface area contributed by atoms with Crippen molar-refractivity contribution in [3.8, 4) is 0 Å². The van der Waals surface area contributed by atoms with E-state index >= 15 is 0 Å². The Morgan fingerprint density at radius 2 is 2.40 bits per heavy atom. The molecule has 1 heterocycles. The maximum absolute atomic E-state index is 10.7. The molecule has 1 aromatic heterocycles. The molecule has 0 aliphatic rings. The molecule has 6 heteroatoms. The molecule has 0 saturated carbocycles. The fourth-order valence-electron chi connectivity index (χ4n) is 1.29. The molecule has 1 atom stereocenters. The zero-order valence-corrected chi connectivity index (χ0v) is 8.97. The molecule has 0 radical (unpaired) electrons. The van der Waals surface area contributed by atoms with Gasteiger partial charge in [0, 0.05) is 18.7 Å². The van der Waals surface area contributed by atoms with Crippen molar-refractivity contribution in [1.29, 1.82) is 0 Å². The van der Waals surface area contributed by atoms with Gasteiger partial charge in [0.15, 0.2) is 10.8 Å². The molecule has 0 aliphatic heterocycles. The highest BCUT2D eigenvalue weighted by Crippen LogP contribution is 2.26. The minimum absolute atomic E-state index is 0.274. The second-order valence-corrected chi connectivity index (χ2v) is 4.07. The maximum Gasteiger partial charge on any atom is 0.183 e. The maximum atomic E-state index is 10.7. The first kappa shape index (κ1) is 10.3. The number of quaternary nitrogens is 1. The van der Waals surface area contributed by atoms with Gasteiger partial charge in [-0.25, -0.2) is 10.2 Å². The van der Waals surface area contributed by atoms with Crippen molar-refractivity contribution >= 4 is 32.4 Å². The lowest BCUT2D eigenvalue weighted by atomic mass is 10.3. The molecular weight excluding hydrogens is 214 g/mol. The van der Waals surface area contributed by atoms with E-state index in [4.69, 9.17) is 5.21 Å². The van der Waals surface area contributed by atoms with Crippen molar-refractivity contribution in [2.45, 2.75) is 6.92 Å². The summed E-state index contributed by atoms with van der Waals surface area (Å²) < 4.78 is 0.996. The summed E-state index contributed by atoms with van der Waals surface area (Å²) in [5.74, 6) is 0. The Labute approximate surface area is 90.5 Å². The third kappa shape index (κ3) is 2.07. The zero-order chi connectivity index (χ0) is 10.8. The van der Waals surface area contributed by atoms with E-state index in [1.807, 2.05) is 6.92 Å². The summed E-state index contributed by atoms with van der Waals surface area (Å²) in [7, 11) is 0. The van der Waals surface area contributed by atoms with Gasteiger partial charge < -0.3 is 10.5 Å². The lowest BCUT2D eigenvalue weighted by Gasteiger charge is -2.10. The van der Waals surface area contributed by atoms with E-state index in [0.29, 0.717) is 0 Å². The Kier molecular flexibility index (Phi) is 2.83. The van der Waals surface area contributed by atoms with Gasteiger partial charge in [-0.15, -0.1) is 0 Å². The van der Waals surface area contributed by atoms with Crippen molar-refractivity contribution in [3.63, 3.8) is 0 Å². The molecule has 0 fully saturated rings. The Bertz CT molecular complexity index is 469. The predicted octanol–water partition coefficient (Wildman–Crippen LogP) is 1.13. The highest BCUT2D eigenvalue weighted by molar-refractivity contribution is 7.22. The molecule has 0 amide bonds. The minimum Gasteiger partial charge on any atom is -0.595 e. The van der Waals surface area contributed by atoms with E-state index in [0.717, 1.165) is 21.9 Å². The van der Waals surface area contributed by atoms with Crippen LogP contribution in [0.3, 0.4) is 0 Å². The van der Waals surface area contributed by atoms with Gasteiger partial charge in [0.25, 0.3) is 0 Å². The molecule has 1 aromatic carbocycles. The average Bonchev–Trinajstić information content (AvgIpc) is 2.59. The predicted molar refractivity (Wildman–Crippen MR) is 59.6 cm³/mol. The van der Waals surface area contributed by atoms with Crippen molar-refractivity contribution in [2.75, 3.05) is 11.9 Å². The first-order valence-corrected chi connectivity index (χ1v) is 5.40. The highest BCUT2D eigenvalue weighted by Gasteiger charge is 2.06. The number of hydrogen-bond donors (Lipinski definition) is 3. The number of fused-ring (bicyclic) bond motifs is 1. The normalized spacial score (nSPS) is 13.0. The van der Waals surface area contributed by atoms with Crippen LogP contribution in [-0.4, -0.2) is 16.7 Å². The Morgan fingerprint density at radius 1 is 1.60 bits per heavy atom. The molecule has 0 saturated heterocycles. The van der Waals surface area contributed by atoms with Crippen molar-refractivity contribution in [3.05, 3.63) is 23.4 Å². The summed E-state index contributed by atoms with van der Waals surface area (Å²) in [4.78, 5) is 4.29. The average molecular weight is 225 g/mol. The second kappa shape index (κ2) is 4.11. The molecule has 0 spiro atoms. The number of hydrogen-bond acceptors (Lipinski definition) is 5. The molecule has 3 N–H and O–H groups in total. The number of aromatic nitrogens is 1. The van der Waals surface area contributed by atoms with Gasteiger partial charge in [-0.1, -0.05) is 11.3 Å². The highest BCUT2D eigenvalue weighted by atomic mass is 32.1. The van der Waals surface area contributed by atoms with E-state index in [9.17, 15) is 5.21 Å². The monoisotopic (exact) mass is 225 g/mol. The standard InChI is InChI=1S/C9H11N3O2S/c1-2-10-9-11-7-5-6(12(13)14)3-4-8(7)15-9/h3-5,12-13H,2H2,1H3,(H,10,11). The summed E-state index contributed by atoms with van der Waals surface area (Å²) >= 11 is 1.53. The number of nitrogens with zero attached hydrogens (tertiary/aromatic N) is 1. The van der Waals surface area contributed by atoms with Crippen molar-refractivity contribution in [2.24, 2.45) is 0 Å². The summed E-state index contributed by atoms with van der Waals surface area (Å²) in [6.45, 7) is 2.81. The van der Waals surface area contributed by atoms with Crippen LogP contribution in [0.2, 0.25) is 0 Å². The van der Waals surface area contributed by atoms with Crippen LogP contribution in [0.5, 0.6) is 0 Å². The third-order valence-corrected chi connectivity index (χ3v) is 2.96. The van der Waals surface area contributed by atoms with Crippen LogP contribution in [0.15, 0.2) is 18.2 Å². The lowest BCUT2D eigenvalue weighted by Crippen LogP contribution is -2.99. The fraction of sp³-hybridized carbons (Fsp3) is 0.222. The molecule has 15 heavy (non-hydrogen) atoms. The molecule has 2 aromatic rings. The quantitative estimate of drug-likeness (QED) is 0.685. The number of nitrogens with one attached hydrogen (secondary N) is 2. The summed E-state index contributed by atoms with van der Waals surface area (Å²) in [5.41, 5.74) is 1.01. The Hall–Kier alpha value is -1.21. The number of thiazole rings is 1. The second-order valence-electron chi connectivity index (χ2n) is 3.04. The molecule has 80 valence electrons. The Balaban J connectivity index is 2.43. The SMILES string of the molecule is CCNc1nc2cc([NH+]([O-])O)ccc2s1. The number of benzene rings is 1. The van der Waals surface area contributed by atoms with E-state index in [1.165, 1.54) is 11.3 Å². The minimum atomic E-state index is -0.921. The van der Waals surface area contributed by atoms with Gasteiger partial charge in [-0.3, -0.25) is 0 Å². The fourth-order valence-corrected chi connectivity index (χ4v) is 2.20. The molecule has 0 bridgehead atoms. The van der Waals surface area contributed by atoms with Crippen LogP contribution < -0.4 is 10.5 Å². The molecule has 2 rings (SSSR count). The lowest BCUT2D eigenvalue weighted by molar-refractivity contribution is -0.991. The van der Waals surface area contributed by atoms with Crippen molar-refractivity contribution < 1.29 is 10.4 Å².